The minimum atomic E-state index is 0.0268. The van der Waals surface area contributed by atoms with Crippen LogP contribution in [0.1, 0.15) is 37.0 Å². The molecule has 0 heterocycles. The van der Waals surface area contributed by atoms with Gasteiger partial charge in [-0.2, -0.15) is 0 Å². The van der Waals surface area contributed by atoms with Crippen LogP contribution in [0.2, 0.25) is 0 Å². The second-order valence-corrected chi connectivity index (χ2v) is 3.92. The molecule has 0 fully saturated rings. The Morgan fingerprint density at radius 1 is 1.33 bits per heavy atom. The fourth-order valence-electron chi connectivity index (χ4n) is 1.33. The monoisotopic (exact) mass is 205 g/mol. The Morgan fingerprint density at radius 3 is 2.60 bits per heavy atom. The summed E-state index contributed by atoms with van der Waals surface area (Å²) >= 11 is 0. The first-order valence-electron chi connectivity index (χ1n) is 5.57. The molecule has 0 aliphatic carbocycles. The van der Waals surface area contributed by atoms with E-state index in [1.54, 1.807) is 0 Å². The normalized spacial score (nSPS) is 12.1. The fraction of sp³-hybridized carbons (Fsp3) is 0.462. The van der Waals surface area contributed by atoms with Gasteiger partial charge in [0.05, 0.1) is 0 Å². The molecule has 1 aromatic carbocycles. The lowest BCUT2D eigenvalue weighted by Crippen LogP contribution is -2.25. The van der Waals surface area contributed by atoms with Crippen LogP contribution < -0.4 is 5.32 Å². The smallest absolute Gasteiger partial charge is 0.251 e. The summed E-state index contributed by atoms with van der Waals surface area (Å²) in [6.45, 7) is 5.14. The molecule has 0 saturated heterocycles. The Hall–Kier alpha value is -1.31. The van der Waals surface area contributed by atoms with Crippen LogP contribution in [0.4, 0.5) is 0 Å². The van der Waals surface area contributed by atoms with Crippen molar-refractivity contribution in [3.05, 3.63) is 35.9 Å². The number of amides is 1. The number of hydrogen-bond donors (Lipinski definition) is 1. The summed E-state index contributed by atoms with van der Waals surface area (Å²) in [4.78, 5) is 11.6. The molecule has 0 aliphatic heterocycles. The number of nitrogens with one attached hydrogen (secondary N) is 1. The lowest BCUT2D eigenvalue weighted by atomic mass is 10.1. The van der Waals surface area contributed by atoms with Gasteiger partial charge in [-0.05, 0) is 24.5 Å². The number of carbonyl (C=O) groups excluding carboxylic acids is 1. The second-order valence-electron chi connectivity index (χ2n) is 3.92. The van der Waals surface area contributed by atoms with E-state index in [1.807, 2.05) is 30.3 Å². The van der Waals surface area contributed by atoms with E-state index in [0.29, 0.717) is 5.92 Å². The molecule has 0 saturated carbocycles. The van der Waals surface area contributed by atoms with Gasteiger partial charge in [-0.25, -0.2) is 0 Å². The molecule has 1 rings (SSSR count). The predicted molar refractivity (Wildman–Crippen MR) is 62.8 cm³/mol. The van der Waals surface area contributed by atoms with Crippen molar-refractivity contribution in [3.8, 4) is 0 Å². The van der Waals surface area contributed by atoms with Crippen molar-refractivity contribution in [2.24, 2.45) is 5.92 Å². The number of hydrogen-bond acceptors (Lipinski definition) is 1. The molecule has 2 nitrogen and oxygen atoms in total. The highest BCUT2D eigenvalue weighted by atomic mass is 16.1. The highest BCUT2D eigenvalue weighted by Gasteiger charge is 2.04. The van der Waals surface area contributed by atoms with Gasteiger partial charge in [0.2, 0.25) is 0 Å². The zero-order valence-corrected chi connectivity index (χ0v) is 9.49. The molecule has 2 heteroatoms. The van der Waals surface area contributed by atoms with E-state index < -0.39 is 0 Å². The first-order valence-corrected chi connectivity index (χ1v) is 5.57. The minimum Gasteiger partial charge on any atom is -0.352 e. The highest BCUT2D eigenvalue weighted by Crippen LogP contribution is 2.05. The van der Waals surface area contributed by atoms with Gasteiger partial charge < -0.3 is 5.32 Å². The van der Waals surface area contributed by atoms with E-state index in [0.717, 1.165) is 18.5 Å². The number of carbonyl (C=O) groups is 1. The molecular formula is C13H19NO. The third-order valence-corrected chi connectivity index (χ3v) is 2.66. The average molecular weight is 205 g/mol. The summed E-state index contributed by atoms with van der Waals surface area (Å²) in [6, 6.07) is 9.33. The van der Waals surface area contributed by atoms with Crippen LogP contribution in [0, 0.1) is 5.92 Å². The van der Waals surface area contributed by atoms with Crippen LogP contribution in [-0.2, 0) is 0 Å². The first-order chi connectivity index (χ1) is 7.24. The Morgan fingerprint density at radius 2 is 2.00 bits per heavy atom. The summed E-state index contributed by atoms with van der Waals surface area (Å²) in [5.41, 5.74) is 0.738. The van der Waals surface area contributed by atoms with Gasteiger partial charge in [0, 0.05) is 12.1 Å². The van der Waals surface area contributed by atoms with Crippen LogP contribution >= 0.6 is 0 Å². The predicted octanol–water partition coefficient (Wildman–Crippen LogP) is 2.85. The van der Waals surface area contributed by atoms with Crippen molar-refractivity contribution in [2.75, 3.05) is 6.54 Å². The Labute approximate surface area is 91.7 Å². The summed E-state index contributed by atoms with van der Waals surface area (Å²) in [7, 11) is 0. The van der Waals surface area contributed by atoms with Gasteiger partial charge in [0.25, 0.3) is 5.91 Å². The highest BCUT2D eigenvalue weighted by molar-refractivity contribution is 5.94. The second kappa shape index (κ2) is 6.23. The quantitative estimate of drug-likeness (QED) is 0.786. The molecule has 15 heavy (non-hydrogen) atoms. The van der Waals surface area contributed by atoms with Crippen LogP contribution in [0.5, 0.6) is 0 Å². The topological polar surface area (TPSA) is 29.1 Å². The zero-order chi connectivity index (χ0) is 11.1. The van der Waals surface area contributed by atoms with E-state index in [4.69, 9.17) is 0 Å². The molecule has 0 aliphatic rings. The van der Waals surface area contributed by atoms with Crippen LogP contribution in [0.3, 0.4) is 0 Å². The maximum atomic E-state index is 11.6. The maximum Gasteiger partial charge on any atom is 0.251 e. The van der Waals surface area contributed by atoms with Crippen molar-refractivity contribution in [1.82, 2.24) is 5.32 Å². The summed E-state index contributed by atoms with van der Waals surface area (Å²) < 4.78 is 0. The SMILES string of the molecule is CCC(C)CCNC(=O)c1ccccc1. The molecule has 1 aromatic rings. The molecule has 1 unspecified atom stereocenters. The van der Waals surface area contributed by atoms with Crippen molar-refractivity contribution in [2.45, 2.75) is 26.7 Å². The standard InChI is InChI=1S/C13H19NO/c1-3-11(2)9-10-14-13(15)12-7-5-4-6-8-12/h4-8,11H,3,9-10H2,1-2H3,(H,14,15). The Balaban J connectivity index is 2.31. The van der Waals surface area contributed by atoms with Crippen LogP contribution in [0.25, 0.3) is 0 Å². The van der Waals surface area contributed by atoms with Gasteiger partial charge in [-0.15, -0.1) is 0 Å². The van der Waals surface area contributed by atoms with Gasteiger partial charge in [-0.1, -0.05) is 38.5 Å². The van der Waals surface area contributed by atoms with E-state index in [1.165, 1.54) is 6.42 Å². The van der Waals surface area contributed by atoms with E-state index in [2.05, 4.69) is 19.2 Å². The lowest BCUT2D eigenvalue weighted by Gasteiger charge is -2.09. The van der Waals surface area contributed by atoms with Crippen molar-refractivity contribution in [1.29, 1.82) is 0 Å². The summed E-state index contributed by atoms with van der Waals surface area (Å²) in [6.07, 6.45) is 2.22. The van der Waals surface area contributed by atoms with Gasteiger partial charge >= 0.3 is 0 Å². The molecular weight excluding hydrogens is 186 g/mol. The average Bonchev–Trinajstić information content (AvgIpc) is 2.29. The largest absolute Gasteiger partial charge is 0.352 e. The molecule has 1 atom stereocenters. The van der Waals surface area contributed by atoms with E-state index in [9.17, 15) is 4.79 Å². The number of benzene rings is 1. The molecule has 0 aromatic heterocycles. The minimum absolute atomic E-state index is 0.0268. The maximum absolute atomic E-state index is 11.6. The fourth-order valence-corrected chi connectivity index (χ4v) is 1.33. The van der Waals surface area contributed by atoms with Gasteiger partial charge in [-0.3, -0.25) is 4.79 Å². The molecule has 1 N–H and O–H groups in total. The number of rotatable bonds is 5. The van der Waals surface area contributed by atoms with Gasteiger partial charge in [0.1, 0.15) is 0 Å². The van der Waals surface area contributed by atoms with E-state index in [-0.39, 0.29) is 5.91 Å². The van der Waals surface area contributed by atoms with Crippen molar-refractivity contribution < 1.29 is 4.79 Å². The third kappa shape index (κ3) is 4.15. The van der Waals surface area contributed by atoms with Crippen molar-refractivity contribution in [3.63, 3.8) is 0 Å². The molecule has 0 bridgehead atoms. The summed E-state index contributed by atoms with van der Waals surface area (Å²) in [5, 5.41) is 2.93. The zero-order valence-electron chi connectivity index (χ0n) is 9.49. The van der Waals surface area contributed by atoms with Gasteiger partial charge in [0.15, 0.2) is 0 Å². The molecule has 0 spiro atoms. The first kappa shape index (κ1) is 11.8. The molecule has 0 radical (unpaired) electrons. The summed E-state index contributed by atoms with van der Waals surface area (Å²) in [5.74, 6) is 0.708. The third-order valence-electron chi connectivity index (χ3n) is 2.66. The molecule has 1 amide bonds. The van der Waals surface area contributed by atoms with Crippen molar-refractivity contribution >= 4 is 5.91 Å². The van der Waals surface area contributed by atoms with E-state index >= 15 is 0 Å². The lowest BCUT2D eigenvalue weighted by molar-refractivity contribution is 0.0951. The van der Waals surface area contributed by atoms with Crippen LogP contribution in [-0.4, -0.2) is 12.5 Å². The van der Waals surface area contributed by atoms with Crippen LogP contribution in [0.15, 0.2) is 30.3 Å². The Kier molecular flexibility index (Phi) is 4.88. The molecule has 82 valence electrons. The Bertz CT molecular complexity index is 295.